The number of anilines is 3. The summed E-state index contributed by atoms with van der Waals surface area (Å²) in [6.07, 6.45) is 0. The van der Waals surface area contributed by atoms with Crippen LogP contribution in [0.3, 0.4) is 0 Å². The van der Waals surface area contributed by atoms with E-state index in [9.17, 15) is 5.11 Å². The van der Waals surface area contributed by atoms with Crippen molar-refractivity contribution in [3.8, 4) is 5.75 Å². The summed E-state index contributed by atoms with van der Waals surface area (Å²) in [5.74, 6) is 0.305. The lowest BCUT2D eigenvalue weighted by Crippen LogP contribution is -2.18. The second kappa shape index (κ2) is 4.51. The number of rotatable bonds is 3. The second-order valence-corrected chi connectivity index (χ2v) is 4.51. The summed E-state index contributed by atoms with van der Waals surface area (Å²) in [5.41, 5.74) is 2.92. The molecule has 0 spiro atoms. The number of phenols is 1. The molecule has 0 radical (unpaired) electrons. The summed E-state index contributed by atoms with van der Waals surface area (Å²) in [7, 11) is 11.8. The number of aromatic hydroxyl groups is 1. The summed E-state index contributed by atoms with van der Waals surface area (Å²) in [6, 6.07) is 3.79. The van der Waals surface area contributed by atoms with Gasteiger partial charge in [-0.2, -0.15) is 0 Å². The summed E-state index contributed by atoms with van der Waals surface area (Å²) in [4.78, 5) is 5.94. The van der Waals surface area contributed by atoms with E-state index in [2.05, 4.69) is 0 Å². The summed E-state index contributed by atoms with van der Waals surface area (Å²) in [6.45, 7) is 0. The van der Waals surface area contributed by atoms with Crippen molar-refractivity contribution in [1.29, 1.82) is 0 Å². The summed E-state index contributed by atoms with van der Waals surface area (Å²) in [5, 5.41) is 9.93. The minimum atomic E-state index is 0.305. The van der Waals surface area contributed by atoms with Crippen LogP contribution in [0.25, 0.3) is 0 Å². The van der Waals surface area contributed by atoms with Crippen LogP contribution in [0.5, 0.6) is 5.75 Å². The van der Waals surface area contributed by atoms with Gasteiger partial charge in [-0.15, -0.1) is 0 Å². The molecule has 1 aromatic rings. The largest absolute Gasteiger partial charge is 0.506 e. The maximum absolute atomic E-state index is 9.93. The SMILES string of the molecule is CN(C)c1cc(N(C)C)c(N(C)C)cc1O. The minimum absolute atomic E-state index is 0.305. The first-order valence-corrected chi connectivity index (χ1v) is 5.23. The molecule has 0 unspecified atom stereocenters. The number of phenolic OH excluding ortho intramolecular Hbond substituents is 1. The van der Waals surface area contributed by atoms with Crippen molar-refractivity contribution in [1.82, 2.24) is 0 Å². The molecule has 0 saturated heterocycles. The lowest BCUT2D eigenvalue weighted by atomic mass is 10.2. The molecule has 0 amide bonds. The maximum Gasteiger partial charge on any atom is 0.141 e. The van der Waals surface area contributed by atoms with Gasteiger partial charge in [0.2, 0.25) is 0 Å². The van der Waals surface area contributed by atoms with Crippen LogP contribution in [0, 0.1) is 0 Å². The van der Waals surface area contributed by atoms with Gasteiger partial charge >= 0.3 is 0 Å². The molecule has 0 saturated carbocycles. The van der Waals surface area contributed by atoms with Crippen LogP contribution >= 0.6 is 0 Å². The van der Waals surface area contributed by atoms with E-state index in [0.717, 1.165) is 17.1 Å². The van der Waals surface area contributed by atoms with E-state index in [0.29, 0.717) is 5.75 Å². The lowest BCUT2D eigenvalue weighted by Gasteiger charge is -2.25. The van der Waals surface area contributed by atoms with Crippen LogP contribution in [0.1, 0.15) is 0 Å². The Morgan fingerprint density at radius 2 is 1.06 bits per heavy atom. The van der Waals surface area contributed by atoms with Gasteiger partial charge in [0, 0.05) is 48.4 Å². The van der Waals surface area contributed by atoms with Gasteiger partial charge in [-0.25, -0.2) is 0 Å². The van der Waals surface area contributed by atoms with Gasteiger partial charge < -0.3 is 19.8 Å². The first kappa shape index (κ1) is 12.5. The number of hydrogen-bond donors (Lipinski definition) is 1. The zero-order valence-corrected chi connectivity index (χ0v) is 10.9. The third-order valence-corrected chi connectivity index (χ3v) is 2.52. The highest BCUT2D eigenvalue weighted by Crippen LogP contribution is 2.37. The van der Waals surface area contributed by atoms with E-state index in [1.54, 1.807) is 6.07 Å². The van der Waals surface area contributed by atoms with Gasteiger partial charge in [0.25, 0.3) is 0 Å². The summed E-state index contributed by atoms with van der Waals surface area (Å²) >= 11 is 0. The van der Waals surface area contributed by atoms with Gasteiger partial charge in [-0.3, -0.25) is 0 Å². The van der Waals surface area contributed by atoms with Crippen molar-refractivity contribution < 1.29 is 5.11 Å². The van der Waals surface area contributed by atoms with Crippen molar-refractivity contribution in [2.45, 2.75) is 0 Å². The Bertz CT molecular complexity index is 373. The Morgan fingerprint density at radius 3 is 1.44 bits per heavy atom. The first-order chi connectivity index (χ1) is 7.34. The molecule has 4 nitrogen and oxygen atoms in total. The molecule has 90 valence electrons. The molecule has 0 atom stereocenters. The molecule has 0 aliphatic carbocycles. The van der Waals surface area contributed by atoms with Crippen LogP contribution < -0.4 is 14.7 Å². The van der Waals surface area contributed by atoms with Crippen molar-refractivity contribution in [3.05, 3.63) is 12.1 Å². The molecule has 1 N–H and O–H groups in total. The number of nitrogens with zero attached hydrogens (tertiary/aromatic N) is 3. The Hall–Kier alpha value is -1.58. The van der Waals surface area contributed by atoms with E-state index in [4.69, 9.17) is 0 Å². The topological polar surface area (TPSA) is 30.0 Å². The molecular weight excluding hydrogens is 202 g/mol. The highest BCUT2D eigenvalue weighted by atomic mass is 16.3. The molecule has 1 aromatic carbocycles. The van der Waals surface area contributed by atoms with Crippen molar-refractivity contribution >= 4 is 17.1 Å². The predicted molar refractivity (Wildman–Crippen MR) is 71.1 cm³/mol. The van der Waals surface area contributed by atoms with Gasteiger partial charge in [0.1, 0.15) is 5.75 Å². The molecule has 0 bridgehead atoms. The van der Waals surface area contributed by atoms with Crippen molar-refractivity contribution in [2.24, 2.45) is 0 Å². The van der Waals surface area contributed by atoms with Gasteiger partial charge in [0.05, 0.1) is 17.1 Å². The number of benzene rings is 1. The molecular formula is C12H21N3O. The molecule has 0 aromatic heterocycles. The minimum Gasteiger partial charge on any atom is -0.506 e. The maximum atomic E-state index is 9.93. The van der Waals surface area contributed by atoms with E-state index in [1.165, 1.54) is 0 Å². The van der Waals surface area contributed by atoms with E-state index in [-0.39, 0.29) is 0 Å². The first-order valence-electron chi connectivity index (χ1n) is 5.23. The zero-order valence-electron chi connectivity index (χ0n) is 10.9. The van der Waals surface area contributed by atoms with Crippen LogP contribution in [-0.2, 0) is 0 Å². The molecule has 1 rings (SSSR count). The zero-order chi connectivity index (χ0) is 12.5. The van der Waals surface area contributed by atoms with Gasteiger partial charge in [-0.05, 0) is 6.07 Å². The fourth-order valence-electron chi connectivity index (χ4n) is 1.63. The van der Waals surface area contributed by atoms with Crippen LogP contribution in [0.15, 0.2) is 12.1 Å². The molecule has 16 heavy (non-hydrogen) atoms. The van der Waals surface area contributed by atoms with E-state index >= 15 is 0 Å². The summed E-state index contributed by atoms with van der Waals surface area (Å²) < 4.78 is 0. The fraction of sp³-hybridized carbons (Fsp3) is 0.500. The van der Waals surface area contributed by atoms with Crippen molar-refractivity contribution in [2.75, 3.05) is 57.0 Å². The second-order valence-electron chi connectivity index (χ2n) is 4.51. The van der Waals surface area contributed by atoms with Crippen LogP contribution in [0.2, 0.25) is 0 Å². The quantitative estimate of drug-likeness (QED) is 0.843. The molecule has 0 fully saturated rings. The molecule has 0 aliphatic rings. The average Bonchev–Trinajstić information content (AvgIpc) is 2.15. The molecule has 0 heterocycles. The molecule has 0 aliphatic heterocycles. The molecule has 4 heteroatoms. The lowest BCUT2D eigenvalue weighted by molar-refractivity contribution is 0.476. The number of hydrogen-bond acceptors (Lipinski definition) is 4. The third kappa shape index (κ3) is 2.32. The van der Waals surface area contributed by atoms with Gasteiger partial charge in [-0.1, -0.05) is 0 Å². The normalized spacial score (nSPS) is 10.1. The Balaban J connectivity index is 3.37. The third-order valence-electron chi connectivity index (χ3n) is 2.52. The Kier molecular flexibility index (Phi) is 3.52. The fourth-order valence-corrected chi connectivity index (χ4v) is 1.63. The van der Waals surface area contributed by atoms with Crippen molar-refractivity contribution in [3.63, 3.8) is 0 Å². The van der Waals surface area contributed by atoms with Crippen LogP contribution in [-0.4, -0.2) is 47.4 Å². The predicted octanol–water partition coefficient (Wildman–Crippen LogP) is 1.59. The monoisotopic (exact) mass is 223 g/mol. The van der Waals surface area contributed by atoms with E-state index < -0.39 is 0 Å². The average molecular weight is 223 g/mol. The highest BCUT2D eigenvalue weighted by Gasteiger charge is 2.13. The van der Waals surface area contributed by atoms with Crippen LogP contribution in [0.4, 0.5) is 17.1 Å². The Labute approximate surface area is 97.7 Å². The van der Waals surface area contributed by atoms with E-state index in [1.807, 2.05) is 63.1 Å². The highest BCUT2D eigenvalue weighted by molar-refractivity contribution is 5.79. The van der Waals surface area contributed by atoms with Gasteiger partial charge in [0.15, 0.2) is 0 Å². The smallest absolute Gasteiger partial charge is 0.141 e. The Morgan fingerprint density at radius 1 is 0.688 bits per heavy atom. The standard InChI is InChI=1S/C12H21N3O/c1-13(2)9-7-11(15(5)6)12(16)8-10(9)14(3)4/h7-8,16H,1-6H3.